The van der Waals surface area contributed by atoms with Gasteiger partial charge in [0.15, 0.2) is 0 Å². The molecule has 1 aromatic carbocycles. The fraction of sp³-hybridized carbons (Fsp3) is 0.600. The summed E-state index contributed by atoms with van der Waals surface area (Å²) in [6, 6.07) is 8.14. The van der Waals surface area contributed by atoms with Gasteiger partial charge >= 0.3 is 6.03 Å². The van der Waals surface area contributed by atoms with E-state index in [4.69, 9.17) is 10.5 Å². The molecule has 0 bridgehead atoms. The van der Waals surface area contributed by atoms with Gasteiger partial charge in [-0.15, -0.1) is 0 Å². The quantitative estimate of drug-likeness (QED) is 0.668. The summed E-state index contributed by atoms with van der Waals surface area (Å²) in [6.07, 6.45) is 0.707. The van der Waals surface area contributed by atoms with Crippen LogP contribution in [0.1, 0.15) is 33.3 Å². The Balaban J connectivity index is 1.98. The zero-order valence-corrected chi connectivity index (χ0v) is 16.7. The lowest BCUT2D eigenvalue weighted by Gasteiger charge is -2.45. The Bertz CT molecular complexity index is 625. The van der Waals surface area contributed by atoms with Crippen molar-refractivity contribution in [2.45, 2.75) is 57.9 Å². The van der Waals surface area contributed by atoms with E-state index in [1.165, 1.54) is 0 Å². The van der Waals surface area contributed by atoms with Gasteiger partial charge in [-0.05, 0) is 33.3 Å². The number of nitrogens with zero attached hydrogens (tertiary/aromatic N) is 1. The van der Waals surface area contributed by atoms with E-state index in [1.807, 2.05) is 30.3 Å². The monoisotopic (exact) mass is 376 g/mol. The number of ether oxygens (including phenoxy) is 1. The number of nitrogens with one attached hydrogen (secondary N) is 2. The summed E-state index contributed by atoms with van der Waals surface area (Å²) >= 11 is 0. The van der Waals surface area contributed by atoms with E-state index in [2.05, 4.69) is 43.2 Å². The van der Waals surface area contributed by atoms with Crippen molar-refractivity contribution >= 4 is 11.9 Å². The molecule has 1 fully saturated rings. The van der Waals surface area contributed by atoms with E-state index < -0.39 is 12.1 Å². The number of benzene rings is 1. The number of nitrogens with two attached hydrogens (primary N) is 1. The highest BCUT2D eigenvalue weighted by Gasteiger charge is 2.34. The third-order valence-electron chi connectivity index (χ3n) is 4.89. The zero-order valence-electron chi connectivity index (χ0n) is 16.7. The molecule has 3 unspecified atom stereocenters. The second kappa shape index (κ2) is 9.19. The van der Waals surface area contributed by atoms with E-state index in [0.29, 0.717) is 13.0 Å². The molecule has 0 radical (unpaired) electrons. The number of morpholine rings is 1. The van der Waals surface area contributed by atoms with Gasteiger partial charge in [0.05, 0.1) is 12.2 Å². The van der Waals surface area contributed by atoms with Gasteiger partial charge < -0.3 is 21.1 Å². The molecule has 150 valence electrons. The molecule has 1 aromatic rings. The van der Waals surface area contributed by atoms with Crippen molar-refractivity contribution in [1.82, 2.24) is 15.5 Å². The van der Waals surface area contributed by atoms with E-state index >= 15 is 0 Å². The Morgan fingerprint density at radius 2 is 1.81 bits per heavy atom. The summed E-state index contributed by atoms with van der Waals surface area (Å²) < 4.78 is 5.80. The van der Waals surface area contributed by atoms with Crippen molar-refractivity contribution in [2.75, 3.05) is 19.6 Å². The zero-order chi connectivity index (χ0) is 20.0. The lowest BCUT2D eigenvalue weighted by atomic mass is 9.99. The van der Waals surface area contributed by atoms with Crippen molar-refractivity contribution in [1.29, 1.82) is 0 Å². The molecule has 1 aliphatic rings. The van der Waals surface area contributed by atoms with Gasteiger partial charge in [-0.2, -0.15) is 0 Å². The van der Waals surface area contributed by atoms with Crippen molar-refractivity contribution in [3.8, 4) is 0 Å². The molecule has 7 nitrogen and oxygen atoms in total. The van der Waals surface area contributed by atoms with Crippen LogP contribution in [-0.4, -0.2) is 60.3 Å². The van der Waals surface area contributed by atoms with E-state index in [0.717, 1.165) is 18.7 Å². The standard InChI is InChI=1S/C20H32N4O3/c1-14-11-24(12-15(2)27-14)20(3,4)13-22-18(25)17(23-19(21)26)10-16-8-6-5-7-9-16/h5-9,14-15,17H,10-13H2,1-4H3,(H,22,25)(H3,21,23,26). The van der Waals surface area contributed by atoms with Crippen LogP contribution >= 0.6 is 0 Å². The minimum absolute atomic E-state index is 0.158. The Labute approximate surface area is 161 Å². The number of hydrogen-bond donors (Lipinski definition) is 3. The van der Waals surface area contributed by atoms with Crippen LogP contribution in [0.5, 0.6) is 0 Å². The maximum atomic E-state index is 12.7. The third-order valence-corrected chi connectivity index (χ3v) is 4.89. The summed E-state index contributed by atoms with van der Waals surface area (Å²) in [7, 11) is 0. The first-order valence-electron chi connectivity index (χ1n) is 9.45. The van der Waals surface area contributed by atoms with E-state index in [9.17, 15) is 9.59 Å². The minimum atomic E-state index is -0.707. The summed E-state index contributed by atoms with van der Waals surface area (Å²) in [4.78, 5) is 26.4. The number of carbonyl (C=O) groups is 2. The van der Waals surface area contributed by atoms with Gasteiger partial charge in [-0.25, -0.2) is 4.79 Å². The molecule has 1 saturated heterocycles. The molecule has 0 spiro atoms. The number of amides is 3. The second-order valence-corrected chi connectivity index (χ2v) is 7.94. The predicted octanol–water partition coefficient (Wildman–Crippen LogP) is 1.27. The second-order valence-electron chi connectivity index (χ2n) is 7.94. The Hall–Kier alpha value is -2.12. The van der Waals surface area contributed by atoms with Crippen LogP contribution in [0.3, 0.4) is 0 Å². The first kappa shape index (κ1) is 21.2. The summed E-state index contributed by atoms with van der Waals surface area (Å²) in [6.45, 7) is 10.4. The maximum absolute atomic E-state index is 12.7. The molecule has 7 heteroatoms. The molecule has 2 rings (SSSR count). The SMILES string of the molecule is CC1CN(C(C)(C)CNC(=O)C(Cc2ccccc2)NC(N)=O)CC(C)O1. The predicted molar refractivity (Wildman–Crippen MR) is 105 cm³/mol. The lowest BCUT2D eigenvalue weighted by molar-refractivity contribution is -0.124. The Kier molecular flexibility index (Phi) is 7.21. The minimum Gasteiger partial charge on any atom is -0.373 e. The largest absolute Gasteiger partial charge is 0.373 e. The first-order chi connectivity index (χ1) is 12.7. The molecule has 1 heterocycles. The molecule has 3 atom stereocenters. The molecule has 4 N–H and O–H groups in total. The molecule has 3 amide bonds. The van der Waals surface area contributed by atoms with Crippen molar-refractivity contribution in [2.24, 2.45) is 5.73 Å². The van der Waals surface area contributed by atoms with Crippen LogP contribution in [0.4, 0.5) is 4.79 Å². The number of carbonyl (C=O) groups excluding carboxylic acids is 2. The van der Waals surface area contributed by atoms with Gasteiger partial charge in [0.1, 0.15) is 6.04 Å². The summed E-state index contributed by atoms with van der Waals surface area (Å²) in [5.41, 5.74) is 5.99. The Morgan fingerprint density at radius 3 is 2.37 bits per heavy atom. The molecular formula is C20H32N4O3. The van der Waals surface area contributed by atoms with Gasteiger partial charge in [-0.3, -0.25) is 9.69 Å². The highest BCUT2D eigenvalue weighted by atomic mass is 16.5. The molecule has 0 aliphatic carbocycles. The molecular weight excluding hydrogens is 344 g/mol. The molecule has 0 saturated carbocycles. The van der Waals surface area contributed by atoms with Crippen molar-refractivity contribution in [3.05, 3.63) is 35.9 Å². The number of rotatable bonds is 7. The van der Waals surface area contributed by atoms with Gasteiger partial charge in [0, 0.05) is 31.6 Å². The van der Waals surface area contributed by atoms with Gasteiger partial charge in [0.2, 0.25) is 5.91 Å². The van der Waals surface area contributed by atoms with Crippen molar-refractivity contribution < 1.29 is 14.3 Å². The third kappa shape index (κ3) is 6.52. The highest BCUT2D eigenvalue weighted by molar-refractivity contribution is 5.86. The average Bonchev–Trinajstić information content (AvgIpc) is 2.59. The van der Waals surface area contributed by atoms with E-state index in [1.54, 1.807) is 0 Å². The normalized spacial score (nSPS) is 22.1. The first-order valence-corrected chi connectivity index (χ1v) is 9.45. The molecule has 27 heavy (non-hydrogen) atoms. The van der Waals surface area contributed by atoms with Crippen LogP contribution in [0.2, 0.25) is 0 Å². The number of urea groups is 1. The topological polar surface area (TPSA) is 96.7 Å². The summed E-state index contributed by atoms with van der Waals surface area (Å²) in [5.74, 6) is -0.236. The van der Waals surface area contributed by atoms with Crippen LogP contribution < -0.4 is 16.4 Å². The maximum Gasteiger partial charge on any atom is 0.312 e. The number of hydrogen-bond acceptors (Lipinski definition) is 4. The van der Waals surface area contributed by atoms with Gasteiger partial charge in [0.25, 0.3) is 0 Å². The fourth-order valence-electron chi connectivity index (χ4n) is 3.44. The smallest absolute Gasteiger partial charge is 0.312 e. The van der Waals surface area contributed by atoms with Crippen LogP contribution in [0.15, 0.2) is 30.3 Å². The van der Waals surface area contributed by atoms with Crippen LogP contribution in [0.25, 0.3) is 0 Å². The molecule has 1 aliphatic heterocycles. The van der Waals surface area contributed by atoms with Gasteiger partial charge in [-0.1, -0.05) is 30.3 Å². The summed E-state index contributed by atoms with van der Waals surface area (Å²) in [5, 5.41) is 5.54. The highest BCUT2D eigenvalue weighted by Crippen LogP contribution is 2.20. The van der Waals surface area contributed by atoms with Crippen LogP contribution in [-0.2, 0) is 16.0 Å². The molecule has 0 aromatic heterocycles. The van der Waals surface area contributed by atoms with Crippen LogP contribution in [0, 0.1) is 0 Å². The lowest BCUT2D eigenvalue weighted by Crippen LogP contribution is -2.60. The van der Waals surface area contributed by atoms with Crippen molar-refractivity contribution in [3.63, 3.8) is 0 Å². The average molecular weight is 377 g/mol. The Morgan fingerprint density at radius 1 is 1.22 bits per heavy atom. The van der Waals surface area contributed by atoms with E-state index in [-0.39, 0.29) is 23.7 Å². The fourth-order valence-corrected chi connectivity index (χ4v) is 3.44. The number of primary amides is 1.